The molecule has 1 aromatic rings. The number of benzene rings is 1. The number of rotatable bonds is 9. The first-order valence-corrected chi connectivity index (χ1v) is 6.64. The molecular formula is C15H22N2O. The van der Waals surface area contributed by atoms with Crippen molar-refractivity contribution in [3.63, 3.8) is 0 Å². The summed E-state index contributed by atoms with van der Waals surface area (Å²) in [6.07, 6.45) is 3.36. The smallest absolute Gasteiger partial charge is 0.0991 e. The predicted octanol–water partition coefficient (Wildman–Crippen LogP) is 2.85. The van der Waals surface area contributed by atoms with E-state index in [-0.39, 0.29) is 0 Å². The minimum Gasteiger partial charge on any atom is -0.381 e. The monoisotopic (exact) mass is 246 g/mol. The summed E-state index contributed by atoms with van der Waals surface area (Å²) < 4.78 is 5.48. The molecule has 0 aromatic heterocycles. The standard InChI is InChI=1S/C15H22N2O/c1-2-3-9-18-10-5-8-17-13-15-7-4-6-14(11-15)12-16/h4,6-7,11,17H,2-3,5,8-10,13H2,1H3. The quantitative estimate of drug-likeness (QED) is 0.681. The molecule has 1 rings (SSSR count). The van der Waals surface area contributed by atoms with Gasteiger partial charge in [0.25, 0.3) is 0 Å². The number of nitriles is 1. The van der Waals surface area contributed by atoms with Gasteiger partial charge in [-0.1, -0.05) is 25.5 Å². The molecule has 0 aliphatic carbocycles. The summed E-state index contributed by atoms with van der Waals surface area (Å²) >= 11 is 0. The maximum Gasteiger partial charge on any atom is 0.0991 e. The van der Waals surface area contributed by atoms with Crippen molar-refractivity contribution in [2.24, 2.45) is 0 Å². The molecule has 0 atom stereocenters. The first kappa shape index (κ1) is 14.7. The molecule has 1 N–H and O–H groups in total. The Morgan fingerprint density at radius 1 is 1.28 bits per heavy atom. The van der Waals surface area contributed by atoms with E-state index in [1.54, 1.807) is 0 Å². The summed E-state index contributed by atoms with van der Waals surface area (Å²) in [6, 6.07) is 9.85. The van der Waals surface area contributed by atoms with Crippen LogP contribution in [0.2, 0.25) is 0 Å². The first-order chi connectivity index (χ1) is 8.86. The number of hydrogen-bond acceptors (Lipinski definition) is 3. The molecule has 18 heavy (non-hydrogen) atoms. The van der Waals surface area contributed by atoms with Crippen LogP contribution in [0.1, 0.15) is 37.3 Å². The van der Waals surface area contributed by atoms with Crippen LogP contribution < -0.4 is 5.32 Å². The maximum absolute atomic E-state index is 8.79. The highest BCUT2D eigenvalue weighted by atomic mass is 16.5. The van der Waals surface area contributed by atoms with E-state index in [0.717, 1.165) is 50.3 Å². The van der Waals surface area contributed by atoms with Crippen molar-refractivity contribution in [3.8, 4) is 6.07 Å². The van der Waals surface area contributed by atoms with Gasteiger partial charge in [0.1, 0.15) is 0 Å². The molecule has 0 fully saturated rings. The summed E-state index contributed by atoms with van der Waals surface area (Å²) in [5.41, 5.74) is 1.87. The largest absolute Gasteiger partial charge is 0.381 e. The third-order valence-electron chi connectivity index (χ3n) is 2.67. The highest BCUT2D eigenvalue weighted by Gasteiger charge is 1.95. The van der Waals surface area contributed by atoms with E-state index in [1.165, 1.54) is 6.42 Å². The van der Waals surface area contributed by atoms with Crippen molar-refractivity contribution >= 4 is 0 Å². The number of hydrogen-bond donors (Lipinski definition) is 1. The van der Waals surface area contributed by atoms with Gasteiger partial charge in [0.05, 0.1) is 11.6 Å². The molecule has 0 radical (unpaired) electrons. The molecule has 0 aliphatic heterocycles. The van der Waals surface area contributed by atoms with Crippen LogP contribution in [-0.2, 0) is 11.3 Å². The molecule has 0 aliphatic rings. The normalized spacial score (nSPS) is 10.2. The molecule has 0 bridgehead atoms. The Labute approximate surface area is 110 Å². The first-order valence-electron chi connectivity index (χ1n) is 6.64. The molecule has 3 heteroatoms. The molecule has 98 valence electrons. The zero-order valence-electron chi connectivity index (χ0n) is 11.1. The summed E-state index contributed by atoms with van der Waals surface area (Å²) in [5, 5.41) is 12.1. The van der Waals surface area contributed by atoms with Crippen LogP contribution in [0.15, 0.2) is 24.3 Å². The van der Waals surface area contributed by atoms with Crippen molar-refractivity contribution in [2.45, 2.75) is 32.7 Å². The Morgan fingerprint density at radius 3 is 2.89 bits per heavy atom. The van der Waals surface area contributed by atoms with Crippen molar-refractivity contribution in [3.05, 3.63) is 35.4 Å². The number of nitrogens with one attached hydrogen (secondary N) is 1. The molecule has 0 spiro atoms. The summed E-state index contributed by atoms with van der Waals surface area (Å²) in [7, 11) is 0. The van der Waals surface area contributed by atoms with Gasteiger partial charge in [-0.15, -0.1) is 0 Å². The van der Waals surface area contributed by atoms with E-state index in [9.17, 15) is 0 Å². The van der Waals surface area contributed by atoms with Gasteiger partial charge in [0, 0.05) is 19.8 Å². The second kappa shape index (κ2) is 9.64. The van der Waals surface area contributed by atoms with Gasteiger partial charge in [-0.2, -0.15) is 5.26 Å². The third kappa shape index (κ3) is 6.39. The van der Waals surface area contributed by atoms with E-state index >= 15 is 0 Å². The topological polar surface area (TPSA) is 45.0 Å². The van der Waals surface area contributed by atoms with E-state index in [1.807, 2.05) is 24.3 Å². The molecule has 0 amide bonds. The Morgan fingerprint density at radius 2 is 2.11 bits per heavy atom. The lowest BCUT2D eigenvalue weighted by atomic mass is 10.1. The van der Waals surface area contributed by atoms with Crippen molar-refractivity contribution < 1.29 is 4.74 Å². The minimum atomic E-state index is 0.720. The second-order valence-electron chi connectivity index (χ2n) is 4.31. The van der Waals surface area contributed by atoms with Gasteiger partial charge in [-0.3, -0.25) is 0 Å². The average Bonchev–Trinajstić information content (AvgIpc) is 2.42. The number of nitrogens with zero attached hydrogens (tertiary/aromatic N) is 1. The zero-order valence-corrected chi connectivity index (χ0v) is 11.1. The lowest BCUT2D eigenvalue weighted by Gasteiger charge is -2.06. The fourth-order valence-corrected chi connectivity index (χ4v) is 1.63. The SMILES string of the molecule is CCCCOCCCNCc1cccc(C#N)c1. The molecule has 0 heterocycles. The highest BCUT2D eigenvalue weighted by Crippen LogP contribution is 2.03. The Hall–Kier alpha value is -1.37. The van der Waals surface area contributed by atoms with Gasteiger partial charge < -0.3 is 10.1 Å². The van der Waals surface area contributed by atoms with Crippen molar-refractivity contribution in [1.82, 2.24) is 5.32 Å². The lowest BCUT2D eigenvalue weighted by Crippen LogP contribution is -2.16. The second-order valence-corrected chi connectivity index (χ2v) is 4.31. The van der Waals surface area contributed by atoms with Crippen LogP contribution in [0.5, 0.6) is 0 Å². The fourth-order valence-electron chi connectivity index (χ4n) is 1.63. The zero-order chi connectivity index (χ0) is 13.1. The molecule has 0 saturated heterocycles. The summed E-state index contributed by atoms with van der Waals surface area (Å²) in [4.78, 5) is 0. The van der Waals surface area contributed by atoms with Gasteiger partial charge in [-0.25, -0.2) is 0 Å². The Balaban J connectivity index is 2.05. The highest BCUT2D eigenvalue weighted by molar-refractivity contribution is 5.32. The van der Waals surface area contributed by atoms with Crippen LogP contribution in [0.4, 0.5) is 0 Å². The fraction of sp³-hybridized carbons (Fsp3) is 0.533. The third-order valence-corrected chi connectivity index (χ3v) is 2.67. The molecular weight excluding hydrogens is 224 g/mol. The van der Waals surface area contributed by atoms with Crippen LogP contribution in [0.25, 0.3) is 0 Å². The predicted molar refractivity (Wildman–Crippen MR) is 73.2 cm³/mol. The maximum atomic E-state index is 8.79. The van der Waals surface area contributed by atoms with E-state index in [4.69, 9.17) is 10.00 Å². The minimum absolute atomic E-state index is 0.720. The average molecular weight is 246 g/mol. The Kier molecular flexibility index (Phi) is 7.87. The number of ether oxygens (including phenoxy) is 1. The summed E-state index contributed by atoms with van der Waals surface area (Å²) in [6.45, 7) is 5.62. The van der Waals surface area contributed by atoms with Crippen LogP contribution in [0, 0.1) is 11.3 Å². The van der Waals surface area contributed by atoms with Crippen LogP contribution >= 0.6 is 0 Å². The van der Waals surface area contributed by atoms with Crippen LogP contribution in [-0.4, -0.2) is 19.8 Å². The van der Waals surface area contributed by atoms with Crippen molar-refractivity contribution in [1.29, 1.82) is 5.26 Å². The van der Waals surface area contributed by atoms with Gasteiger partial charge in [-0.05, 0) is 37.1 Å². The van der Waals surface area contributed by atoms with E-state index in [0.29, 0.717) is 0 Å². The van der Waals surface area contributed by atoms with Crippen LogP contribution in [0.3, 0.4) is 0 Å². The van der Waals surface area contributed by atoms with E-state index < -0.39 is 0 Å². The molecule has 1 aromatic carbocycles. The molecule has 0 unspecified atom stereocenters. The van der Waals surface area contributed by atoms with Gasteiger partial charge in [0.15, 0.2) is 0 Å². The Bertz CT molecular complexity index is 371. The number of unbranched alkanes of at least 4 members (excludes halogenated alkanes) is 1. The lowest BCUT2D eigenvalue weighted by molar-refractivity contribution is 0.129. The van der Waals surface area contributed by atoms with E-state index in [2.05, 4.69) is 18.3 Å². The van der Waals surface area contributed by atoms with Crippen molar-refractivity contribution in [2.75, 3.05) is 19.8 Å². The van der Waals surface area contributed by atoms with Gasteiger partial charge in [0.2, 0.25) is 0 Å². The summed E-state index contributed by atoms with van der Waals surface area (Å²) in [5.74, 6) is 0. The molecule has 0 saturated carbocycles. The van der Waals surface area contributed by atoms with Gasteiger partial charge >= 0.3 is 0 Å². The molecule has 3 nitrogen and oxygen atoms in total.